The predicted molar refractivity (Wildman–Crippen MR) is 51.8 cm³/mol. The zero-order valence-corrected chi connectivity index (χ0v) is 7.84. The second kappa shape index (κ2) is 4.80. The second-order valence-electron chi connectivity index (χ2n) is 2.55. The monoisotopic (exact) mass is 208 g/mol. The van der Waals surface area contributed by atoms with E-state index in [2.05, 4.69) is 20.5 Å². The smallest absolute Gasteiger partial charge is 0.283 e. The lowest BCUT2D eigenvalue weighted by molar-refractivity contribution is -0.113. The Hall–Kier alpha value is -2.31. The number of hydrogen-bond donors (Lipinski definition) is 2. The number of nitrogens with zero attached hydrogens (tertiary/aromatic N) is 3. The number of nitrogens with one attached hydrogen (secondary N) is 1. The van der Waals surface area contributed by atoms with E-state index < -0.39 is 17.4 Å². The van der Waals surface area contributed by atoms with E-state index in [9.17, 15) is 9.70 Å². The SMILES string of the molecule is C/C(O)=C(\N=O)C(=O)Nc1ncccn1. The maximum atomic E-state index is 11.3. The number of hydrogen-bond acceptors (Lipinski definition) is 6. The van der Waals surface area contributed by atoms with Gasteiger partial charge in [-0.2, -0.15) is 0 Å². The number of anilines is 1. The van der Waals surface area contributed by atoms with Crippen LogP contribution in [0.3, 0.4) is 0 Å². The first kappa shape index (κ1) is 10.8. The summed E-state index contributed by atoms with van der Waals surface area (Å²) in [5, 5.41) is 13.5. The van der Waals surface area contributed by atoms with Crippen LogP contribution in [-0.2, 0) is 4.79 Å². The first-order valence-corrected chi connectivity index (χ1v) is 3.96. The van der Waals surface area contributed by atoms with Crippen LogP contribution in [-0.4, -0.2) is 21.0 Å². The van der Waals surface area contributed by atoms with Gasteiger partial charge in [0.1, 0.15) is 5.76 Å². The number of aliphatic hydroxyl groups excluding tert-OH is 1. The minimum Gasteiger partial charge on any atom is -0.510 e. The summed E-state index contributed by atoms with van der Waals surface area (Å²) >= 11 is 0. The van der Waals surface area contributed by atoms with E-state index in [1.165, 1.54) is 19.3 Å². The Labute approximate surface area is 84.8 Å². The first-order valence-electron chi connectivity index (χ1n) is 3.96. The normalized spacial score (nSPS) is 11.5. The minimum absolute atomic E-state index is 0.0323. The fourth-order valence-electron chi connectivity index (χ4n) is 0.796. The van der Waals surface area contributed by atoms with Gasteiger partial charge in [0, 0.05) is 12.4 Å². The van der Waals surface area contributed by atoms with Crippen molar-refractivity contribution in [1.29, 1.82) is 0 Å². The molecule has 0 unspecified atom stereocenters. The Kier molecular flexibility index (Phi) is 3.44. The molecule has 7 nitrogen and oxygen atoms in total. The number of aliphatic hydroxyl groups is 1. The quantitative estimate of drug-likeness (QED) is 0.437. The molecule has 15 heavy (non-hydrogen) atoms. The summed E-state index contributed by atoms with van der Waals surface area (Å²) in [4.78, 5) is 28.9. The van der Waals surface area contributed by atoms with Gasteiger partial charge >= 0.3 is 0 Å². The molecule has 0 aromatic carbocycles. The van der Waals surface area contributed by atoms with Crippen LogP contribution in [0.15, 0.2) is 35.1 Å². The summed E-state index contributed by atoms with van der Waals surface area (Å²) in [6.45, 7) is 1.18. The summed E-state index contributed by atoms with van der Waals surface area (Å²) in [7, 11) is 0. The molecule has 0 aliphatic rings. The lowest BCUT2D eigenvalue weighted by atomic mass is 10.3. The van der Waals surface area contributed by atoms with Crippen LogP contribution in [0.2, 0.25) is 0 Å². The fraction of sp³-hybridized carbons (Fsp3) is 0.125. The van der Waals surface area contributed by atoms with E-state index in [-0.39, 0.29) is 5.95 Å². The third-order valence-corrected chi connectivity index (χ3v) is 1.44. The highest BCUT2D eigenvalue weighted by atomic mass is 16.3. The van der Waals surface area contributed by atoms with Gasteiger partial charge in [-0.15, -0.1) is 4.91 Å². The molecule has 0 aliphatic carbocycles. The van der Waals surface area contributed by atoms with E-state index >= 15 is 0 Å². The summed E-state index contributed by atoms with van der Waals surface area (Å²) in [6, 6.07) is 1.57. The fourth-order valence-corrected chi connectivity index (χ4v) is 0.796. The van der Waals surface area contributed by atoms with Gasteiger partial charge < -0.3 is 5.11 Å². The Morgan fingerprint density at radius 2 is 2.07 bits per heavy atom. The van der Waals surface area contributed by atoms with Crippen molar-refractivity contribution in [2.75, 3.05) is 5.32 Å². The molecular formula is C8H8N4O3. The number of allylic oxidation sites excluding steroid dienone is 1. The van der Waals surface area contributed by atoms with Gasteiger partial charge in [-0.1, -0.05) is 0 Å². The average molecular weight is 208 g/mol. The topological polar surface area (TPSA) is 105 Å². The lowest BCUT2D eigenvalue weighted by Crippen LogP contribution is -2.16. The van der Waals surface area contributed by atoms with Crippen LogP contribution < -0.4 is 5.32 Å². The van der Waals surface area contributed by atoms with Crippen molar-refractivity contribution in [2.45, 2.75) is 6.92 Å². The van der Waals surface area contributed by atoms with Gasteiger partial charge in [0.25, 0.3) is 5.91 Å². The molecule has 0 fully saturated rings. The maximum absolute atomic E-state index is 11.3. The molecule has 0 saturated heterocycles. The largest absolute Gasteiger partial charge is 0.510 e. The van der Waals surface area contributed by atoms with Gasteiger partial charge in [-0.3, -0.25) is 10.1 Å². The highest BCUT2D eigenvalue weighted by Crippen LogP contribution is 2.05. The Morgan fingerprint density at radius 1 is 1.47 bits per heavy atom. The lowest BCUT2D eigenvalue weighted by Gasteiger charge is -2.01. The molecule has 0 saturated carbocycles. The first-order chi connectivity index (χ1) is 7.15. The predicted octanol–water partition coefficient (Wildman–Crippen LogP) is 0.971. The third-order valence-electron chi connectivity index (χ3n) is 1.44. The molecule has 1 aromatic heterocycles. The Bertz CT molecular complexity index is 398. The van der Waals surface area contributed by atoms with Gasteiger partial charge in [0.05, 0.1) is 0 Å². The van der Waals surface area contributed by atoms with E-state index in [0.29, 0.717) is 0 Å². The third kappa shape index (κ3) is 2.83. The number of carbonyl (C=O) groups is 1. The molecule has 1 aromatic rings. The summed E-state index contributed by atoms with van der Waals surface area (Å²) in [5.74, 6) is -1.28. The molecule has 0 atom stereocenters. The van der Waals surface area contributed by atoms with Crippen LogP contribution in [0, 0.1) is 4.91 Å². The van der Waals surface area contributed by atoms with Crippen molar-refractivity contribution >= 4 is 11.9 Å². The van der Waals surface area contributed by atoms with Crippen LogP contribution in [0.5, 0.6) is 0 Å². The molecule has 0 spiro atoms. The summed E-state index contributed by atoms with van der Waals surface area (Å²) < 4.78 is 0. The van der Waals surface area contributed by atoms with Crippen molar-refractivity contribution in [3.63, 3.8) is 0 Å². The number of nitroso groups, excluding NO2 is 1. The van der Waals surface area contributed by atoms with Crippen LogP contribution >= 0.6 is 0 Å². The molecule has 7 heteroatoms. The number of carbonyl (C=O) groups excluding carboxylic acids is 1. The number of rotatable bonds is 3. The molecule has 0 radical (unpaired) electrons. The molecule has 0 aliphatic heterocycles. The zero-order valence-electron chi connectivity index (χ0n) is 7.84. The molecular weight excluding hydrogens is 200 g/mol. The second-order valence-corrected chi connectivity index (χ2v) is 2.55. The maximum Gasteiger partial charge on any atom is 0.283 e. The summed E-state index contributed by atoms with van der Waals surface area (Å²) in [6.07, 6.45) is 2.85. The van der Waals surface area contributed by atoms with E-state index in [4.69, 9.17) is 5.11 Å². The van der Waals surface area contributed by atoms with Crippen molar-refractivity contribution in [2.24, 2.45) is 5.18 Å². The van der Waals surface area contributed by atoms with Gasteiger partial charge in [0.15, 0.2) is 0 Å². The van der Waals surface area contributed by atoms with E-state index in [1.54, 1.807) is 6.07 Å². The van der Waals surface area contributed by atoms with Crippen molar-refractivity contribution in [3.8, 4) is 0 Å². The van der Waals surface area contributed by atoms with Crippen LogP contribution in [0.1, 0.15) is 6.92 Å². The van der Waals surface area contributed by atoms with Crippen molar-refractivity contribution in [1.82, 2.24) is 9.97 Å². The molecule has 1 rings (SSSR count). The van der Waals surface area contributed by atoms with Crippen molar-refractivity contribution < 1.29 is 9.90 Å². The molecule has 1 heterocycles. The molecule has 2 N–H and O–H groups in total. The van der Waals surface area contributed by atoms with Crippen LogP contribution in [0.4, 0.5) is 5.95 Å². The Balaban J connectivity index is 2.81. The molecule has 1 amide bonds. The Morgan fingerprint density at radius 3 is 2.53 bits per heavy atom. The minimum atomic E-state index is -0.851. The average Bonchev–Trinajstić information content (AvgIpc) is 2.19. The number of aromatic nitrogens is 2. The van der Waals surface area contributed by atoms with E-state index in [1.807, 2.05) is 0 Å². The van der Waals surface area contributed by atoms with Crippen molar-refractivity contribution in [3.05, 3.63) is 34.8 Å². The number of amides is 1. The van der Waals surface area contributed by atoms with Gasteiger partial charge in [-0.05, 0) is 18.2 Å². The standard InChI is InChI=1S/C8H8N4O3/c1-5(13)6(12-15)7(14)11-8-9-3-2-4-10-8/h2-4,13H,1H3,(H,9,10,11,14)/b6-5+. The highest BCUT2D eigenvalue weighted by molar-refractivity contribution is 6.02. The molecule has 0 bridgehead atoms. The molecule has 78 valence electrons. The van der Waals surface area contributed by atoms with Gasteiger partial charge in [0.2, 0.25) is 11.6 Å². The summed E-state index contributed by atoms with van der Waals surface area (Å²) in [5.41, 5.74) is -0.595. The van der Waals surface area contributed by atoms with Gasteiger partial charge in [-0.25, -0.2) is 9.97 Å². The highest BCUT2D eigenvalue weighted by Gasteiger charge is 2.14. The van der Waals surface area contributed by atoms with Crippen LogP contribution in [0.25, 0.3) is 0 Å². The van der Waals surface area contributed by atoms with E-state index in [0.717, 1.165) is 0 Å². The zero-order chi connectivity index (χ0) is 11.3.